The number of rotatable bonds is 1. The van der Waals surface area contributed by atoms with Gasteiger partial charge in [-0.2, -0.15) is 0 Å². The van der Waals surface area contributed by atoms with E-state index in [2.05, 4.69) is 54.9 Å². The van der Waals surface area contributed by atoms with Crippen LogP contribution in [0.15, 0.2) is 18.2 Å². The predicted octanol–water partition coefficient (Wildman–Crippen LogP) is 3.08. The number of aryl methyl sites for hydroxylation is 3. The van der Waals surface area contributed by atoms with Gasteiger partial charge in [-0.3, -0.25) is 4.79 Å². The Morgan fingerprint density at radius 3 is 1.50 bits per heavy atom. The van der Waals surface area contributed by atoms with Crippen molar-refractivity contribution in [2.24, 2.45) is 0 Å². The molecule has 0 aromatic heterocycles. The Balaban J connectivity index is 0.000000292. The predicted molar refractivity (Wildman–Crippen MR) is 62.1 cm³/mol. The third kappa shape index (κ3) is 6.66. The van der Waals surface area contributed by atoms with E-state index in [1.807, 2.05) is 0 Å². The van der Waals surface area contributed by atoms with Gasteiger partial charge in [0.15, 0.2) is 0 Å². The number of aliphatic carboxylic acids is 1. The summed E-state index contributed by atoms with van der Waals surface area (Å²) in [6.45, 7) is 6.38. The first-order valence-electron chi connectivity index (χ1n) is 4.28. The monoisotopic (exact) mass is 258 g/mol. The third-order valence-electron chi connectivity index (χ3n) is 1.48. The summed E-state index contributed by atoms with van der Waals surface area (Å²) in [7, 11) is 0. The van der Waals surface area contributed by atoms with Crippen molar-refractivity contribution >= 4 is 21.9 Å². The molecule has 78 valence electrons. The van der Waals surface area contributed by atoms with Crippen molar-refractivity contribution in [1.29, 1.82) is 0 Å². The molecule has 0 radical (unpaired) electrons. The first-order chi connectivity index (χ1) is 6.45. The van der Waals surface area contributed by atoms with Crippen molar-refractivity contribution in [3.05, 3.63) is 34.9 Å². The van der Waals surface area contributed by atoms with Crippen molar-refractivity contribution in [3.8, 4) is 0 Å². The van der Waals surface area contributed by atoms with E-state index in [-0.39, 0.29) is 5.33 Å². The molecule has 2 nitrogen and oxygen atoms in total. The first kappa shape index (κ1) is 13.2. The van der Waals surface area contributed by atoms with Gasteiger partial charge in [0.05, 0.1) is 0 Å². The second-order valence-corrected chi connectivity index (χ2v) is 3.75. The fourth-order valence-corrected chi connectivity index (χ4v) is 1.20. The van der Waals surface area contributed by atoms with Crippen molar-refractivity contribution in [2.75, 3.05) is 5.33 Å². The molecule has 0 fully saturated rings. The molecule has 0 heterocycles. The number of benzene rings is 1. The number of alkyl halides is 1. The molecular weight excluding hydrogens is 244 g/mol. The zero-order valence-electron chi connectivity index (χ0n) is 8.67. The molecular formula is C11H15BrO2. The van der Waals surface area contributed by atoms with Crippen LogP contribution in [0.1, 0.15) is 16.7 Å². The van der Waals surface area contributed by atoms with E-state index < -0.39 is 5.97 Å². The molecule has 0 aliphatic heterocycles. The minimum atomic E-state index is -0.829. The normalized spacial score (nSPS) is 8.86. The molecule has 1 aromatic carbocycles. The minimum Gasteiger partial charge on any atom is -0.481 e. The number of carboxylic acids is 1. The lowest BCUT2D eigenvalue weighted by Crippen LogP contribution is -1.92. The van der Waals surface area contributed by atoms with Gasteiger partial charge in [0.25, 0.3) is 0 Å². The molecule has 14 heavy (non-hydrogen) atoms. The van der Waals surface area contributed by atoms with Crippen molar-refractivity contribution in [2.45, 2.75) is 20.8 Å². The Labute approximate surface area is 93.1 Å². The quantitative estimate of drug-likeness (QED) is 0.787. The van der Waals surface area contributed by atoms with Gasteiger partial charge in [-0.1, -0.05) is 50.8 Å². The zero-order chi connectivity index (χ0) is 11.1. The fraction of sp³-hybridized carbons (Fsp3) is 0.364. The molecule has 0 saturated carbocycles. The van der Waals surface area contributed by atoms with Crippen molar-refractivity contribution < 1.29 is 9.90 Å². The van der Waals surface area contributed by atoms with Gasteiger partial charge in [0.1, 0.15) is 5.33 Å². The van der Waals surface area contributed by atoms with Gasteiger partial charge in [-0.25, -0.2) is 0 Å². The number of carbonyl (C=O) groups is 1. The molecule has 1 aromatic rings. The number of hydrogen-bond donors (Lipinski definition) is 1. The highest BCUT2D eigenvalue weighted by Crippen LogP contribution is 2.06. The highest BCUT2D eigenvalue weighted by Gasteiger charge is 1.87. The molecule has 0 unspecified atom stereocenters. The van der Waals surface area contributed by atoms with Crippen LogP contribution in [-0.4, -0.2) is 16.4 Å². The smallest absolute Gasteiger partial charge is 0.314 e. The molecule has 3 heteroatoms. The summed E-state index contributed by atoms with van der Waals surface area (Å²) in [4.78, 5) is 9.32. The molecule has 1 N–H and O–H groups in total. The SMILES string of the molecule is Cc1cc(C)cc(C)c1.O=C(O)CBr. The molecule has 1 rings (SSSR count). The summed E-state index contributed by atoms with van der Waals surface area (Å²) in [5, 5.41) is 7.71. The second-order valence-electron chi connectivity index (χ2n) is 3.19. The van der Waals surface area contributed by atoms with Crippen LogP contribution in [0.4, 0.5) is 0 Å². The van der Waals surface area contributed by atoms with Crippen LogP contribution >= 0.6 is 15.9 Å². The van der Waals surface area contributed by atoms with Crippen LogP contribution < -0.4 is 0 Å². The highest BCUT2D eigenvalue weighted by atomic mass is 79.9. The van der Waals surface area contributed by atoms with Gasteiger partial charge in [-0.15, -0.1) is 0 Å². The molecule has 0 saturated heterocycles. The Bertz CT molecular complexity index is 258. The average molecular weight is 259 g/mol. The summed E-state index contributed by atoms with van der Waals surface area (Å²) in [6, 6.07) is 6.56. The van der Waals surface area contributed by atoms with E-state index >= 15 is 0 Å². The number of carboxylic acid groups (broad SMARTS) is 1. The van der Waals surface area contributed by atoms with Gasteiger partial charge < -0.3 is 5.11 Å². The van der Waals surface area contributed by atoms with Crippen LogP contribution in [0.25, 0.3) is 0 Å². The maximum atomic E-state index is 9.32. The third-order valence-corrected chi connectivity index (χ3v) is 1.96. The standard InChI is InChI=1S/C9H12.C2H3BrO2/c1-7-4-8(2)6-9(3)5-7;3-1-2(4)5/h4-6H,1-3H3;1H2,(H,4,5). The minimum absolute atomic E-state index is 0.0347. The maximum absolute atomic E-state index is 9.32. The van der Waals surface area contributed by atoms with E-state index in [0.717, 1.165) is 0 Å². The fourth-order valence-electron chi connectivity index (χ4n) is 1.20. The average Bonchev–Trinajstić information content (AvgIpc) is 2.02. The Hall–Kier alpha value is -0.830. The molecule has 0 bridgehead atoms. The maximum Gasteiger partial charge on any atom is 0.314 e. The summed E-state index contributed by atoms with van der Waals surface area (Å²) in [6.07, 6.45) is 0. The molecule has 0 atom stereocenters. The lowest BCUT2D eigenvalue weighted by Gasteiger charge is -1.96. The summed E-state index contributed by atoms with van der Waals surface area (Å²) < 4.78 is 0. The van der Waals surface area contributed by atoms with Crippen LogP contribution in [0, 0.1) is 20.8 Å². The second kappa shape index (κ2) is 6.60. The first-order valence-corrected chi connectivity index (χ1v) is 5.40. The Morgan fingerprint density at radius 2 is 1.36 bits per heavy atom. The van der Waals surface area contributed by atoms with E-state index in [0.29, 0.717) is 0 Å². The largest absolute Gasteiger partial charge is 0.481 e. The number of halogens is 1. The molecule has 0 spiro atoms. The Kier molecular flexibility index (Phi) is 6.21. The molecule has 0 aliphatic carbocycles. The number of hydrogen-bond acceptors (Lipinski definition) is 1. The van der Waals surface area contributed by atoms with Crippen molar-refractivity contribution in [1.82, 2.24) is 0 Å². The van der Waals surface area contributed by atoms with Gasteiger partial charge >= 0.3 is 5.97 Å². The lowest BCUT2D eigenvalue weighted by molar-refractivity contribution is -0.133. The summed E-state index contributed by atoms with van der Waals surface area (Å²) >= 11 is 2.71. The van der Waals surface area contributed by atoms with Gasteiger partial charge in [0, 0.05) is 0 Å². The van der Waals surface area contributed by atoms with Gasteiger partial charge in [-0.05, 0) is 20.8 Å². The van der Waals surface area contributed by atoms with E-state index in [1.165, 1.54) is 16.7 Å². The van der Waals surface area contributed by atoms with E-state index in [9.17, 15) is 4.79 Å². The van der Waals surface area contributed by atoms with E-state index in [4.69, 9.17) is 5.11 Å². The summed E-state index contributed by atoms with van der Waals surface area (Å²) in [5.74, 6) is -0.829. The van der Waals surface area contributed by atoms with Crippen LogP contribution in [0.5, 0.6) is 0 Å². The lowest BCUT2D eigenvalue weighted by atomic mass is 10.1. The van der Waals surface area contributed by atoms with Crippen molar-refractivity contribution in [3.63, 3.8) is 0 Å². The van der Waals surface area contributed by atoms with Gasteiger partial charge in [0.2, 0.25) is 0 Å². The van der Waals surface area contributed by atoms with Crippen LogP contribution in [0.2, 0.25) is 0 Å². The molecule has 0 aliphatic rings. The van der Waals surface area contributed by atoms with Crippen LogP contribution in [-0.2, 0) is 4.79 Å². The summed E-state index contributed by atoms with van der Waals surface area (Å²) in [5.41, 5.74) is 4.06. The van der Waals surface area contributed by atoms with E-state index in [1.54, 1.807) is 0 Å². The molecule has 0 amide bonds. The zero-order valence-corrected chi connectivity index (χ0v) is 10.3. The Morgan fingerprint density at radius 1 is 1.14 bits per heavy atom. The topological polar surface area (TPSA) is 37.3 Å². The highest BCUT2D eigenvalue weighted by molar-refractivity contribution is 9.09. The van der Waals surface area contributed by atoms with Crippen LogP contribution in [0.3, 0.4) is 0 Å².